The van der Waals surface area contributed by atoms with Crippen LogP contribution in [0.15, 0.2) is 42.6 Å². The van der Waals surface area contributed by atoms with Crippen LogP contribution in [0.1, 0.15) is 21.5 Å². The van der Waals surface area contributed by atoms with E-state index >= 15 is 0 Å². The van der Waals surface area contributed by atoms with Crippen LogP contribution in [0.2, 0.25) is 5.15 Å². The number of benzene rings is 1. The van der Waals surface area contributed by atoms with Crippen LogP contribution in [0.3, 0.4) is 0 Å². The molecule has 0 saturated carbocycles. The zero-order valence-corrected chi connectivity index (χ0v) is 9.48. The van der Waals surface area contributed by atoms with Crippen molar-refractivity contribution in [2.45, 2.75) is 0 Å². The Kier molecular flexibility index (Phi) is 3.17. The van der Waals surface area contributed by atoms with Crippen molar-refractivity contribution in [2.75, 3.05) is 0 Å². The standard InChI is InChI=1S/C13H7ClN2O/c14-13-11(6-3-7-16-13)12(17)10-5-2-1-4-9(10)8-15/h1-7H. The summed E-state index contributed by atoms with van der Waals surface area (Å²) >= 11 is 5.85. The van der Waals surface area contributed by atoms with Gasteiger partial charge in [-0.25, -0.2) is 4.98 Å². The second kappa shape index (κ2) is 4.77. The zero-order valence-electron chi connectivity index (χ0n) is 8.72. The molecule has 2 aromatic rings. The van der Waals surface area contributed by atoms with E-state index in [-0.39, 0.29) is 10.9 Å². The summed E-state index contributed by atoms with van der Waals surface area (Å²) in [4.78, 5) is 16.0. The van der Waals surface area contributed by atoms with Gasteiger partial charge in [0.15, 0.2) is 5.78 Å². The average Bonchev–Trinajstić information content (AvgIpc) is 2.38. The van der Waals surface area contributed by atoms with Gasteiger partial charge in [-0.2, -0.15) is 5.26 Å². The molecule has 0 N–H and O–H groups in total. The van der Waals surface area contributed by atoms with Crippen LogP contribution < -0.4 is 0 Å². The maximum Gasteiger partial charge on any atom is 0.197 e. The van der Waals surface area contributed by atoms with E-state index in [2.05, 4.69) is 4.98 Å². The number of hydrogen-bond acceptors (Lipinski definition) is 3. The summed E-state index contributed by atoms with van der Waals surface area (Å²) in [6.07, 6.45) is 1.51. The third kappa shape index (κ3) is 2.17. The lowest BCUT2D eigenvalue weighted by molar-refractivity contribution is 0.103. The molecule has 0 amide bonds. The van der Waals surface area contributed by atoms with Gasteiger partial charge < -0.3 is 0 Å². The molecule has 0 unspecified atom stereocenters. The molecule has 0 saturated heterocycles. The number of halogens is 1. The molecular formula is C13H7ClN2O. The third-order valence-corrected chi connectivity index (χ3v) is 2.60. The molecule has 0 fully saturated rings. The number of rotatable bonds is 2. The van der Waals surface area contributed by atoms with Gasteiger partial charge >= 0.3 is 0 Å². The fourth-order valence-corrected chi connectivity index (χ4v) is 1.68. The van der Waals surface area contributed by atoms with Crippen LogP contribution in [0.25, 0.3) is 0 Å². The molecule has 17 heavy (non-hydrogen) atoms. The molecule has 0 atom stereocenters. The molecule has 1 heterocycles. The van der Waals surface area contributed by atoms with Crippen molar-refractivity contribution in [1.29, 1.82) is 5.26 Å². The van der Waals surface area contributed by atoms with Gasteiger partial charge in [-0.15, -0.1) is 0 Å². The molecule has 0 aliphatic rings. The Morgan fingerprint density at radius 3 is 2.59 bits per heavy atom. The molecule has 3 nitrogen and oxygen atoms in total. The normalized spacial score (nSPS) is 9.65. The van der Waals surface area contributed by atoms with Crippen molar-refractivity contribution in [3.05, 3.63) is 64.4 Å². The van der Waals surface area contributed by atoms with E-state index in [4.69, 9.17) is 16.9 Å². The van der Waals surface area contributed by atoms with Crippen LogP contribution in [0.5, 0.6) is 0 Å². The molecule has 1 aromatic heterocycles. The van der Waals surface area contributed by atoms with Crippen molar-refractivity contribution in [1.82, 2.24) is 4.98 Å². The Morgan fingerprint density at radius 1 is 1.18 bits per heavy atom. The highest BCUT2D eigenvalue weighted by atomic mass is 35.5. The summed E-state index contributed by atoms with van der Waals surface area (Å²) in [6.45, 7) is 0. The minimum Gasteiger partial charge on any atom is -0.288 e. The quantitative estimate of drug-likeness (QED) is 0.601. The SMILES string of the molecule is N#Cc1ccccc1C(=O)c1cccnc1Cl. The fourth-order valence-electron chi connectivity index (χ4n) is 1.48. The van der Waals surface area contributed by atoms with E-state index in [1.165, 1.54) is 6.20 Å². The molecule has 0 bridgehead atoms. The maximum absolute atomic E-state index is 12.2. The molecular weight excluding hydrogens is 236 g/mol. The first-order valence-electron chi connectivity index (χ1n) is 4.88. The van der Waals surface area contributed by atoms with Crippen molar-refractivity contribution in [2.24, 2.45) is 0 Å². The molecule has 0 aliphatic heterocycles. The minimum atomic E-state index is -0.291. The molecule has 0 aliphatic carbocycles. The number of carbonyl (C=O) groups excluding carboxylic acids is 1. The van der Waals surface area contributed by atoms with Gasteiger partial charge in [-0.3, -0.25) is 4.79 Å². The van der Waals surface area contributed by atoms with Gasteiger partial charge in [0.05, 0.1) is 17.2 Å². The Bertz CT molecular complexity index is 617. The largest absolute Gasteiger partial charge is 0.288 e. The summed E-state index contributed by atoms with van der Waals surface area (Å²) in [7, 11) is 0. The first kappa shape index (κ1) is 11.3. The topological polar surface area (TPSA) is 53.8 Å². The molecule has 0 radical (unpaired) electrons. The number of ketones is 1. The smallest absolute Gasteiger partial charge is 0.197 e. The van der Waals surface area contributed by atoms with Crippen LogP contribution in [-0.2, 0) is 0 Å². The average molecular weight is 243 g/mol. The minimum absolute atomic E-state index is 0.144. The summed E-state index contributed by atoms with van der Waals surface area (Å²) < 4.78 is 0. The number of carbonyl (C=O) groups is 1. The first-order valence-corrected chi connectivity index (χ1v) is 5.26. The Morgan fingerprint density at radius 2 is 1.88 bits per heavy atom. The first-order chi connectivity index (χ1) is 8.24. The van der Waals surface area contributed by atoms with Crippen LogP contribution in [0.4, 0.5) is 0 Å². The van der Waals surface area contributed by atoms with Gasteiger partial charge in [0, 0.05) is 11.8 Å². The molecule has 4 heteroatoms. The summed E-state index contributed by atoms with van der Waals surface area (Å²) in [5, 5.41) is 9.08. The van der Waals surface area contributed by atoms with E-state index in [0.29, 0.717) is 16.7 Å². The third-order valence-electron chi connectivity index (χ3n) is 2.30. The lowest BCUT2D eigenvalue weighted by atomic mass is 10.0. The van der Waals surface area contributed by atoms with E-state index in [1.807, 2.05) is 6.07 Å². The maximum atomic E-state index is 12.2. The van der Waals surface area contributed by atoms with E-state index in [0.717, 1.165) is 0 Å². The van der Waals surface area contributed by atoms with Crippen molar-refractivity contribution in [3.8, 4) is 6.07 Å². The van der Waals surface area contributed by atoms with Crippen molar-refractivity contribution in [3.63, 3.8) is 0 Å². The van der Waals surface area contributed by atoms with Crippen LogP contribution >= 0.6 is 11.6 Å². The molecule has 1 aromatic carbocycles. The zero-order chi connectivity index (χ0) is 12.3. The molecule has 2 rings (SSSR count). The van der Waals surface area contributed by atoms with Crippen LogP contribution in [0, 0.1) is 11.3 Å². The van der Waals surface area contributed by atoms with Crippen molar-refractivity contribution >= 4 is 17.4 Å². The number of pyridine rings is 1. The predicted molar refractivity (Wildman–Crippen MR) is 63.8 cm³/mol. The lowest BCUT2D eigenvalue weighted by Gasteiger charge is -2.03. The lowest BCUT2D eigenvalue weighted by Crippen LogP contribution is -2.05. The number of aromatic nitrogens is 1. The Balaban J connectivity index is 2.53. The second-order valence-electron chi connectivity index (χ2n) is 3.33. The second-order valence-corrected chi connectivity index (χ2v) is 3.69. The Hall–Kier alpha value is -2.18. The summed E-state index contributed by atoms with van der Waals surface area (Å²) in [5.74, 6) is -0.291. The van der Waals surface area contributed by atoms with Crippen molar-refractivity contribution < 1.29 is 4.79 Å². The van der Waals surface area contributed by atoms with Crippen LogP contribution in [-0.4, -0.2) is 10.8 Å². The van der Waals surface area contributed by atoms with Gasteiger partial charge in [0.1, 0.15) is 5.15 Å². The van der Waals surface area contributed by atoms with Gasteiger partial charge in [-0.1, -0.05) is 23.7 Å². The monoisotopic (exact) mass is 242 g/mol. The Labute approximate surface area is 103 Å². The predicted octanol–water partition coefficient (Wildman–Crippen LogP) is 2.84. The number of hydrogen-bond donors (Lipinski definition) is 0. The number of nitriles is 1. The fraction of sp³-hybridized carbons (Fsp3) is 0. The highest BCUT2D eigenvalue weighted by Crippen LogP contribution is 2.18. The number of nitrogens with zero attached hydrogens (tertiary/aromatic N) is 2. The van der Waals surface area contributed by atoms with E-state index in [9.17, 15) is 4.79 Å². The van der Waals surface area contributed by atoms with Gasteiger partial charge in [-0.05, 0) is 24.3 Å². The summed E-state index contributed by atoms with van der Waals surface area (Å²) in [5.41, 5.74) is 0.971. The van der Waals surface area contributed by atoms with E-state index in [1.54, 1.807) is 36.4 Å². The highest BCUT2D eigenvalue weighted by Gasteiger charge is 2.16. The van der Waals surface area contributed by atoms with E-state index < -0.39 is 0 Å². The van der Waals surface area contributed by atoms with Gasteiger partial charge in [0.25, 0.3) is 0 Å². The molecule has 82 valence electrons. The van der Waals surface area contributed by atoms with Gasteiger partial charge in [0.2, 0.25) is 0 Å². The molecule has 0 spiro atoms. The summed E-state index contributed by atoms with van der Waals surface area (Å²) in [6, 6.07) is 11.8. The highest BCUT2D eigenvalue weighted by molar-refractivity contribution is 6.33.